The van der Waals surface area contributed by atoms with Crippen molar-refractivity contribution in [3.63, 3.8) is 0 Å². The van der Waals surface area contributed by atoms with Crippen LogP contribution in [0.1, 0.15) is 37.6 Å². The predicted molar refractivity (Wildman–Crippen MR) is 109 cm³/mol. The Balaban J connectivity index is 1.91. The van der Waals surface area contributed by atoms with E-state index in [1.165, 1.54) is 18.4 Å². The summed E-state index contributed by atoms with van der Waals surface area (Å²) in [4.78, 5) is 30.4. The molecule has 2 heterocycles. The van der Waals surface area contributed by atoms with E-state index in [0.29, 0.717) is 10.6 Å². The third kappa shape index (κ3) is 3.57. The molecule has 140 valence electrons. The van der Waals surface area contributed by atoms with Crippen molar-refractivity contribution >= 4 is 39.1 Å². The minimum Gasteiger partial charge on any atom is -0.465 e. The van der Waals surface area contributed by atoms with Gasteiger partial charge < -0.3 is 10.1 Å². The van der Waals surface area contributed by atoms with Gasteiger partial charge in [0.15, 0.2) is 0 Å². The highest BCUT2D eigenvalue weighted by Gasteiger charge is 2.22. The molecule has 0 unspecified atom stereocenters. The lowest BCUT2D eigenvalue weighted by atomic mass is 9.99. The van der Waals surface area contributed by atoms with E-state index < -0.39 is 5.97 Å². The second kappa shape index (κ2) is 7.48. The molecule has 0 bridgehead atoms. The van der Waals surface area contributed by atoms with Crippen LogP contribution in [0.4, 0.5) is 5.00 Å². The highest BCUT2D eigenvalue weighted by molar-refractivity contribution is 7.16. The summed E-state index contributed by atoms with van der Waals surface area (Å²) in [5, 5.41) is 4.47. The Bertz CT molecular complexity index is 1050. The zero-order chi connectivity index (χ0) is 19.7. The number of esters is 1. The highest BCUT2D eigenvalue weighted by atomic mass is 32.1. The van der Waals surface area contributed by atoms with Gasteiger partial charge >= 0.3 is 5.97 Å². The van der Waals surface area contributed by atoms with Crippen molar-refractivity contribution < 1.29 is 14.3 Å². The molecule has 0 saturated carbocycles. The number of pyridine rings is 1. The lowest BCUT2D eigenvalue weighted by Crippen LogP contribution is -2.17. The molecule has 0 atom stereocenters. The van der Waals surface area contributed by atoms with Crippen molar-refractivity contribution in [1.29, 1.82) is 0 Å². The molecule has 1 amide bonds. The molecule has 0 fully saturated rings. The molecule has 1 N–H and O–H groups in total. The topological polar surface area (TPSA) is 68.3 Å². The largest absolute Gasteiger partial charge is 0.465 e. The first-order chi connectivity index (χ1) is 12.8. The number of nitrogens with one attached hydrogen (secondary N) is 1. The minimum atomic E-state index is -0.438. The number of hydrogen-bond donors (Lipinski definition) is 1. The van der Waals surface area contributed by atoms with Gasteiger partial charge in [-0.2, -0.15) is 0 Å². The van der Waals surface area contributed by atoms with Crippen LogP contribution in [-0.4, -0.2) is 24.0 Å². The monoisotopic (exact) mass is 382 g/mol. The maximum absolute atomic E-state index is 12.7. The molecule has 3 aromatic rings. The number of nitrogens with zero attached hydrogens (tertiary/aromatic N) is 1. The molecule has 0 aliphatic carbocycles. The number of para-hydroxylation sites is 1. The van der Waals surface area contributed by atoms with Crippen molar-refractivity contribution in [2.45, 2.75) is 34.1 Å². The van der Waals surface area contributed by atoms with Crippen LogP contribution < -0.4 is 5.32 Å². The Morgan fingerprint density at radius 1 is 1.11 bits per heavy atom. The summed E-state index contributed by atoms with van der Waals surface area (Å²) in [6.45, 7) is 7.71. The predicted octanol–water partition coefficient (Wildman–Crippen LogP) is 4.50. The second-order valence-corrected chi connectivity index (χ2v) is 7.75. The smallest absolute Gasteiger partial charge is 0.341 e. The zero-order valence-corrected chi connectivity index (χ0v) is 16.9. The number of carbonyl (C=O) groups is 2. The number of carbonyl (C=O) groups excluding carboxylic acids is 2. The number of methoxy groups -OCH3 is 1. The van der Waals surface area contributed by atoms with Crippen molar-refractivity contribution in [2.75, 3.05) is 12.4 Å². The molecule has 2 aromatic heterocycles. The van der Waals surface area contributed by atoms with Crippen molar-refractivity contribution in [3.8, 4) is 0 Å². The molecular weight excluding hydrogens is 360 g/mol. The number of amides is 1. The van der Waals surface area contributed by atoms with E-state index in [4.69, 9.17) is 4.74 Å². The molecule has 3 rings (SSSR count). The van der Waals surface area contributed by atoms with Crippen molar-refractivity contribution in [1.82, 2.24) is 4.98 Å². The molecule has 6 heteroatoms. The van der Waals surface area contributed by atoms with E-state index >= 15 is 0 Å². The Hall–Kier alpha value is -2.73. The summed E-state index contributed by atoms with van der Waals surface area (Å²) in [5.41, 5.74) is 5.00. The number of aromatic nitrogens is 1. The van der Waals surface area contributed by atoms with E-state index in [-0.39, 0.29) is 12.3 Å². The molecular formula is C21H22N2O3S. The Morgan fingerprint density at radius 2 is 1.81 bits per heavy atom. The van der Waals surface area contributed by atoms with Crippen LogP contribution in [0.25, 0.3) is 10.9 Å². The lowest BCUT2D eigenvalue weighted by Gasteiger charge is -2.12. The zero-order valence-electron chi connectivity index (χ0n) is 16.1. The molecule has 1 aromatic carbocycles. The Labute approximate surface area is 162 Å². The van der Waals surface area contributed by atoms with E-state index in [9.17, 15) is 9.59 Å². The van der Waals surface area contributed by atoms with Crippen LogP contribution in [0.15, 0.2) is 24.3 Å². The van der Waals surface area contributed by atoms with E-state index in [2.05, 4.69) is 10.3 Å². The third-order valence-corrected chi connectivity index (χ3v) is 5.97. The molecule has 0 aliphatic heterocycles. The van der Waals surface area contributed by atoms with Gasteiger partial charge in [-0.1, -0.05) is 18.2 Å². The Kier molecular flexibility index (Phi) is 5.28. The van der Waals surface area contributed by atoms with E-state index in [0.717, 1.165) is 38.2 Å². The maximum Gasteiger partial charge on any atom is 0.341 e. The normalized spacial score (nSPS) is 10.9. The summed E-state index contributed by atoms with van der Waals surface area (Å²) in [6, 6.07) is 7.91. The van der Waals surface area contributed by atoms with Crippen LogP contribution in [0.5, 0.6) is 0 Å². The summed E-state index contributed by atoms with van der Waals surface area (Å²) >= 11 is 1.39. The van der Waals surface area contributed by atoms with Crippen LogP contribution in [0.2, 0.25) is 0 Å². The van der Waals surface area contributed by atoms with Crippen molar-refractivity contribution in [3.05, 3.63) is 57.1 Å². The molecule has 5 nitrogen and oxygen atoms in total. The number of benzene rings is 1. The van der Waals surface area contributed by atoms with Crippen molar-refractivity contribution in [2.24, 2.45) is 0 Å². The van der Waals surface area contributed by atoms with Gasteiger partial charge in [-0.15, -0.1) is 11.3 Å². The summed E-state index contributed by atoms with van der Waals surface area (Å²) in [5.74, 6) is -0.614. The number of rotatable bonds is 4. The first-order valence-corrected chi connectivity index (χ1v) is 9.48. The fraction of sp³-hybridized carbons (Fsp3) is 0.286. The van der Waals surface area contributed by atoms with Crippen LogP contribution in [0, 0.1) is 27.7 Å². The fourth-order valence-electron chi connectivity index (χ4n) is 3.23. The summed E-state index contributed by atoms with van der Waals surface area (Å²) < 4.78 is 4.86. The van der Waals surface area contributed by atoms with E-state index in [1.807, 2.05) is 52.0 Å². The average molecular weight is 382 g/mol. The number of fused-ring (bicyclic) bond motifs is 1. The number of hydrogen-bond acceptors (Lipinski definition) is 5. The molecule has 0 aliphatic rings. The van der Waals surface area contributed by atoms with E-state index in [1.54, 1.807) is 0 Å². The average Bonchev–Trinajstić information content (AvgIpc) is 2.91. The van der Waals surface area contributed by atoms with Gasteiger partial charge in [0, 0.05) is 16.0 Å². The van der Waals surface area contributed by atoms with Gasteiger partial charge in [0.1, 0.15) is 5.00 Å². The standard InChI is InChI=1S/C21H22N2O3S/c1-11-14(4)27-20(19(11)21(25)26-5)23-18(24)10-16-12(2)15-8-6-7-9-17(15)22-13(16)3/h6-9H,10H2,1-5H3,(H,23,24). The quantitative estimate of drug-likeness (QED) is 0.675. The molecule has 27 heavy (non-hydrogen) atoms. The summed E-state index contributed by atoms with van der Waals surface area (Å²) in [6.07, 6.45) is 0.201. The molecule has 0 saturated heterocycles. The number of anilines is 1. The highest BCUT2D eigenvalue weighted by Crippen LogP contribution is 2.33. The minimum absolute atomic E-state index is 0.176. The number of thiophene rings is 1. The first kappa shape index (κ1) is 19.0. The first-order valence-electron chi connectivity index (χ1n) is 8.66. The SMILES string of the molecule is COC(=O)c1c(NC(=O)Cc2c(C)nc3ccccc3c2C)sc(C)c1C. The third-order valence-electron chi connectivity index (χ3n) is 4.85. The fourth-order valence-corrected chi connectivity index (χ4v) is 4.29. The van der Waals surface area contributed by atoms with Gasteiger partial charge in [0.25, 0.3) is 0 Å². The number of ether oxygens (including phenoxy) is 1. The van der Waals surface area contributed by atoms with Gasteiger partial charge in [-0.25, -0.2) is 4.79 Å². The maximum atomic E-state index is 12.7. The van der Waals surface area contributed by atoms with Crippen LogP contribution in [0.3, 0.4) is 0 Å². The number of aryl methyl sites for hydroxylation is 3. The van der Waals surface area contributed by atoms with Gasteiger partial charge in [-0.3, -0.25) is 9.78 Å². The Morgan fingerprint density at radius 3 is 2.52 bits per heavy atom. The van der Waals surface area contributed by atoms with Gasteiger partial charge in [0.2, 0.25) is 5.91 Å². The summed E-state index contributed by atoms with van der Waals surface area (Å²) in [7, 11) is 1.34. The second-order valence-electron chi connectivity index (χ2n) is 6.52. The van der Waals surface area contributed by atoms with Crippen LogP contribution >= 0.6 is 11.3 Å². The van der Waals surface area contributed by atoms with Crippen LogP contribution in [-0.2, 0) is 16.0 Å². The molecule has 0 radical (unpaired) electrons. The van der Waals surface area contributed by atoms with Gasteiger partial charge in [0.05, 0.1) is 24.6 Å². The lowest BCUT2D eigenvalue weighted by molar-refractivity contribution is -0.115. The molecule has 0 spiro atoms. The van der Waals surface area contributed by atoms with Gasteiger partial charge in [-0.05, 0) is 50.5 Å².